The van der Waals surface area contributed by atoms with Crippen molar-refractivity contribution in [2.24, 2.45) is 0 Å². The molecule has 0 aliphatic carbocycles. The zero-order chi connectivity index (χ0) is 14.6. The number of aromatic hydroxyl groups is 1. The Balaban J connectivity index is 2.87. The summed E-state index contributed by atoms with van der Waals surface area (Å²) in [4.78, 5) is 11.0. The molecule has 0 aliphatic heterocycles. The van der Waals surface area contributed by atoms with Gasteiger partial charge in [0, 0.05) is 12.1 Å². The maximum absolute atomic E-state index is 12.9. The molecule has 0 bridgehead atoms. The largest absolute Gasteiger partial charge is 0.508 e. The van der Waals surface area contributed by atoms with E-state index in [0.717, 1.165) is 18.2 Å². The van der Waals surface area contributed by atoms with Crippen molar-refractivity contribution in [2.45, 2.75) is 12.7 Å². The number of carboxylic acid groups (broad SMARTS) is 1. The van der Waals surface area contributed by atoms with Crippen molar-refractivity contribution in [2.75, 3.05) is 13.1 Å². The van der Waals surface area contributed by atoms with E-state index in [0.29, 0.717) is 4.90 Å². The number of benzene rings is 1. The minimum Gasteiger partial charge on any atom is -0.508 e. The van der Waals surface area contributed by atoms with Crippen LogP contribution < -0.4 is 0 Å². The van der Waals surface area contributed by atoms with E-state index in [1.807, 2.05) is 0 Å². The van der Waals surface area contributed by atoms with Crippen LogP contribution in [0.2, 0.25) is 0 Å². The minimum atomic E-state index is -4.58. The molecule has 0 radical (unpaired) electrons. The number of rotatable bonds is 5. The molecule has 8 heteroatoms. The number of carboxylic acids is 1. The molecule has 19 heavy (non-hydrogen) atoms. The summed E-state index contributed by atoms with van der Waals surface area (Å²) < 4.78 is 49.7. The Hall–Kier alpha value is -1.83. The number of halogens is 4. The summed E-state index contributed by atoms with van der Waals surface area (Å²) >= 11 is 0. The molecule has 0 amide bonds. The average Bonchev–Trinajstić information content (AvgIpc) is 2.20. The van der Waals surface area contributed by atoms with Gasteiger partial charge >= 0.3 is 12.1 Å². The van der Waals surface area contributed by atoms with E-state index >= 15 is 0 Å². The summed E-state index contributed by atoms with van der Waals surface area (Å²) in [5, 5.41) is 17.9. The summed E-state index contributed by atoms with van der Waals surface area (Å²) in [6.07, 6.45) is -4.58. The lowest BCUT2D eigenvalue weighted by Gasteiger charge is -2.22. The van der Waals surface area contributed by atoms with Crippen LogP contribution in [-0.2, 0) is 11.3 Å². The molecule has 0 spiro atoms. The second-order valence-electron chi connectivity index (χ2n) is 3.93. The lowest BCUT2D eigenvalue weighted by Crippen LogP contribution is -2.37. The third kappa shape index (κ3) is 5.56. The highest BCUT2D eigenvalue weighted by atomic mass is 19.4. The molecule has 0 saturated carbocycles. The van der Waals surface area contributed by atoms with Gasteiger partial charge in [-0.05, 0) is 18.2 Å². The maximum atomic E-state index is 12.9. The smallest absolute Gasteiger partial charge is 0.401 e. The first-order valence-corrected chi connectivity index (χ1v) is 5.15. The summed E-state index contributed by atoms with van der Waals surface area (Å²) in [5.41, 5.74) is -0.106. The van der Waals surface area contributed by atoms with E-state index in [2.05, 4.69) is 0 Å². The molecule has 0 saturated heterocycles. The highest BCUT2D eigenvalue weighted by molar-refractivity contribution is 5.69. The maximum Gasteiger partial charge on any atom is 0.401 e. The third-order valence-electron chi connectivity index (χ3n) is 2.20. The summed E-state index contributed by atoms with van der Waals surface area (Å²) in [6.45, 7) is -2.85. The predicted molar refractivity (Wildman–Crippen MR) is 57.0 cm³/mol. The molecule has 0 fully saturated rings. The number of hydrogen-bond acceptors (Lipinski definition) is 3. The van der Waals surface area contributed by atoms with Crippen LogP contribution in [0.25, 0.3) is 0 Å². The zero-order valence-electron chi connectivity index (χ0n) is 9.62. The molecular formula is C11H11F4NO3. The Bertz CT molecular complexity index is 462. The van der Waals surface area contributed by atoms with E-state index in [1.165, 1.54) is 0 Å². The average molecular weight is 281 g/mol. The molecular weight excluding hydrogens is 270 g/mol. The first-order chi connectivity index (χ1) is 8.67. The van der Waals surface area contributed by atoms with Gasteiger partial charge in [-0.1, -0.05) is 0 Å². The molecule has 0 unspecified atom stereocenters. The third-order valence-corrected chi connectivity index (χ3v) is 2.20. The number of hydrogen-bond donors (Lipinski definition) is 2. The Labute approximate surface area is 105 Å². The standard InChI is InChI=1S/C11H11F4NO3/c12-8-1-2-9(17)7(3-8)4-16(5-10(18)19)6-11(13,14)15/h1-3,17H,4-6H2,(H,18,19). The SMILES string of the molecule is O=C(O)CN(Cc1cc(F)ccc1O)CC(F)(F)F. The minimum absolute atomic E-state index is 0.106. The van der Waals surface area contributed by atoms with Gasteiger partial charge in [-0.3, -0.25) is 9.69 Å². The number of alkyl halides is 3. The van der Waals surface area contributed by atoms with Crippen LogP contribution in [0.3, 0.4) is 0 Å². The van der Waals surface area contributed by atoms with Crippen LogP contribution >= 0.6 is 0 Å². The highest BCUT2D eigenvalue weighted by Gasteiger charge is 2.31. The van der Waals surface area contributed by atoms with Crippen molar-refractivity contribution in [3.63, 3.8) is 0 Å². The molecule has 2 N–H and O–H groups in total. The quantitative estimate of drug-likeness (QED) is 0.810. The normalized spacial score (nSPS) is 11.8. The second kappa shape index (κ2) is 5.87. The van der Waals surface area contributed by atoms with Crippen LogP contribution in [0.5, 0.6) is 5.75 Å². The number of carbonyl (C=O) groups is 1. The zero-order valence-corrected chi connectivity index (χ0v) is 9.62. The van der Waals surface area contributed by atoms with E-state index in [1.54, 1.807) is 0 Å². The molecule has 1 rings (SSSR count). The van der Waals surface area contributed by atoms with Gasteiger partial charge in [-0.2, -0.15) is 13.2 Å². The Morgan fingerprint density at radius 1 is 1.32 bits per heavy atom. The fourth-order valence-electron chi connectivity index (χ4n) is 1.53. The lowest BCUT2D eigenvalue weighted by molar-refractivity contribution is -0.154. The topological polar surface area (TPSA) is 60.8 Å². The highest BCUT2D eigenvalue weighted by Crippen LogP contribution is 2.22. The fourth-order valence-corrected chi connectivity index (χ4v) is 1.53. The number of aliphatic carboxylic acids is 1. The van der Waals surface area contributed by atoms with Gasteiger partial charge in [0.2, 0.25) is 0 Å². The lowest BCUT2D eigenvalue weighted by atomic mass is 10.2. The molecule has 1 aromatic carbocycles. The Kier molecular flexibility index (Phi) is 4.71. The summed E-state index contributed by atoms with van der Waals surface area (Å²) in [7, 11) is 0. The molecule has 0 heterocycles. The van der Waals surface area contributed by atoms with Crippen LogP contribution in [0, 0.1) is 5.82 Å². The van der Waals surface area contributed by atoms with Crippen LogP contribution in [0.15, 0.2) is 18.2 Å². The summed E-state index contributed by atoms with van der Waals surface area (Å²) in [5.74, 6) is -2.56. The van der Waals surface area contributed by atoms with E-state index < -0.39 is 37.6 Å². The van der Waals surface area contributed by atoms with Crippen LogP contribution in [0.4, 0.5) is 17.6 Å². The van der Waals surface area contributed by atoms with Gasteiger partial charge in [-0.25, -0.2) is 4.39 Å². The monoisotopic (exact) mass is 281 g/mol. The predicted octanol–water partition coefficient (Wildman–Crippen LogP) is 1.98. The first-order valence-electron chi connectivity index (χ1n) is 5.15. The van der Waals surface area contributed by atoms with Crippen molar-refractivity contribution in [1.82, 2.24) is 4.90 Å². The van der Waals surface area contributed by atoms with Gasteiger partial charge < -0.3 is 10.2 Å². The number of phenolic OH excluding ortho intramolecular Hbond substituents is 1. The Morgan fingerprint density at radius 3 is 2.47 bits per heavy atom. The fraction of sp³-hybridized carbons (Fsp3) is 0.364. The molecule has 0 aromatic heterocycles. The van der Waals surface area contributed by atoms with Gasteiger partial charge in [0.25, 0.3) is 0 Å². The molecule has 1 aromatic rings. The van der Waals surface area contributed by atoms with Crippen molar-refractivity contribution in [3.8, 4) is 5.75 Å². The van der Waals surface area contributed by atoms with E-state index in [9.17, 15) is 27.5 Å². The van der Waals surface area contributed by atoms with Crippen LogP contribution in [-0.4, -0.2) is 40.3 Å². The molecule has 106 valence electrons. The summed E-state index contributed by atoms with van der Waals surface area (Å²) in [6, 6.07) is 2.81. The van der Waals surface area contributed by atoms with Crippen molar-refractivity contribution < 1.29 is 32.6 Å². The molecule has 0 aliphatic rings. The molecule has 4 nitrogen and oxygen atoms in total. The number of phenols is 1. The van der Waals surface area contributed by atoms with Crippen molar-refractivity contribution in [1.29, 1.82) is 0 Å². The second-order valence-corrected chi connectivity index (χ2v) is 3.93. The van der Waals surface area contributed by atoms with E-state index in [4.69, 9.17) is 5.11 Å². The van der Waals surface area contributed by atoms with Crippen LogP contribution in [0.1, 0.15) is 5.56 Å². The van der Waals surface area contributed by atoms with Crippen molar-refractivity contribution >= 4 is 5.97 Å². The first kappa shape index (κ1) is 15.2. The van der Waals surface area contributed by atoms with Crippen molar-refractivity contribution in [3.05, 3.63) is 29.6 Å². The van der Waals surface area contributed by atoms with E-state index in [-0.39, 0.29) is 11.3 Å². The van der Waals surface area contributed by atoms with Gasteiger partial charge in [0.1, 0.15) is 11.6 Å². The Morgan fingerprint density at radius 2 is 1.95 bits per heavy atom. The molecule has 0 atom stereocenters. The van der Waals surface area contributed by atoms with Gasteiger partial charge in [0.15, 0.2) is 0 Å². The number of nitrogens with zero attached hydrogens (tertiary/aromatic N) is 1. The van der Waals surface area contributed by atoms with Gasteiger partial charge in [0.05, 0.1) is 13.1 Å². The van der Waals surface area contributed by atoms with Gasteiger partial charge in [-0.15, -0.1) is 0 Å².